The van der Waals surface area contributed by atoms with Crippen molar-refractivity contribution in [3.63, 3.8) is 0 Å². The Morgan fingerprint density at radius 2 is 2.09 bits per heavy atom. The second-order valence-corrected chi connectivity index (χ2v) is 7.62. The first-order chi connectivity index (χ1) is 10.5. The van der Waals surface area contributed by atoms with E-state index >= 15 is 0 Å². The van der Waals surface area contributed by atoms with Gasteiger partial charge in [0, 0.05) is 6.54 Å². The van der Waals surface area contributed by atoms with Crippen LogP contribution < -0.4 is 0 Å². The number of rotatable bonds is 4. The van der Waals surface area contributed by atoms with Gasteiger partial charge in [0.25, 0.3) is 0 Å². The number of morpholine rings is 1. The molecule has 3 rings (SSSR count). The number of carboxylic acid groups (broad SMARTS) is 1. The molecule has 0 spiro atoms. The normalized spacial score (nSPS) is 22.5. The quantitative estimate of drug-likeness (QED) is 0.894. The number of hydrogen-bond acceptors (Lipinski definition) is 4. The Bertz CT molecular complexity index is 685. The van der Waals surface area contributed by atoms with Crippen molar-refractivity contribution in [2.24, 2.45) is 0 Å². The molecule has 1 heterocycles. The molecule has 1 unspecified atom stereocenters. The first-order valence-electron chi connectivity index (χ1n) is 7.41. The second kappa shape index (κ2) is 5.98. The molecule has 0 bridgehead atoms. The van der Waals surface area contributed by atoms with Crippen LogP contribution in [0.15, 0.2) is 23.1 Å². The van der Waals surface area contributed by atoms with Gasteiger partial charge >= 0.3 is 5.97 Å². The standard InChI is InChI=1S/C15H19NO5S/c17-15(18)9-13-10-21-7-6-16(13)22(19,20)14-5-4-11-2-1-3-12(11)8-14/h4-5,8,13H,1-3,6-7,9-10H2,(H,17,18). The molecule has 1 fully saturated rings. The Kier molecular flexibility index (Phi) is 4.20. The fraction of sp³-hybridized carbons (Fsp3) is 0.533. The first kappa shape index (κ1) is 15.5. The van der Waals surface area contributed by atoms with E-state index in [1.807, 2.05) is 6.07 Å². The van der Waals surface area contributed by atoms with Gasteiger partial charge in [-0.1, -0.05) is 6.07 Å². The van der Waals surface area contributed by atoms with E-state index < -0.39 is 22.0 Å². The van der Waals surface area contributed by atoms with Crippen molar-refractivity contribution in [1.29, 1.82) is 0 Å². The number of fused-ring (bicyclic) bond motifs is 1. The summed E-state index contributed by atoms with van der Waals surface area (Å²) in [5.41, 5.74) is 2.30. The van der Waals surface area contributed by atoms with Gasteiger partial charge in [0.05, 0.1) is 30.6 Å². The molecule has 7 heteroatoms. The van der Waals surface area contributed by atoms with Gasteiger partial charge in [0.15, 0.2) is 0 Å². The molecule has 0 amide bonds. The monoisotopic (exact) mass is 325 g/mol. The van der Waals surface area contributed by atoms with E-state index in [4.69, 9.17) is 9.84 Å². The Morgan fingerprint density at radius 3 is 2.86 bits per heavy atom. The third kappa shape index (κ3) is 2.88. The van der Waals surface area contributed by atoms with Crippen LogP contribution in [0.4, 0.5) is 0 Å². The highest BCUT2D eigenvalue weighted by atomic mass is 32.2. The number of sulfonamides is 1. The maximum absolute atomic E-state index is 12.9. The lowest BCUT2D eigenvalue weighted by molar-refractivity contribution is -0.139. The van der Waals surface area contributed by atoms with Gasteiger partial charge in [-0.3, -0.25) is 4.79 Å². The van der Waals surface area contributed by atoms with Crippen LogP contribution >= 0.6 is 0 Å². The molecule has 1 aliphatic carbocycles. The smallest absolute Gasteiger partial charge is 0.305 e. The lowest BCUT2D eigenvalue weighted by Crippen LogP contribution is -2.49. The Balaban J connectivity index is 1.91. The molecule has 1 N–H and O–H groups in total. The van der Waals surface area contributed by atoms with E-state index in [0.29, 0.717) is 6.61 Å². The summed E-state index contributed by atoms with van der Waals surface area (Å²) in [6.45, 7) is 0.605. The maximum Gasteiger partial charge on any atom is 0.305 e. The van der Waals surface area contributed by atoms with Crippen molar-refractivity contribution in [2.45, 2.75) is 36.6 Å². The Morgan fingerprint density at radius 1 is 1.32 bits per heavy atom. The molecule has 120 valence electrons. The predicted octanol–water partition coefficient (Wildman–Crippen LogP) is 1.04. The molecule has 1 atom stereocenters. The number of aryl methyl sites for hydroxylation is 2. The second-order valence-electron chi connectivity index (χ2n) is 5.73. The van der Waals surface area contributed by atoms with E-state index in [-0.39, 0.29) is 24.5 Å². The largest absolute Gasteiger partial charge is 0.481 e. The molecule has 0 radical (unpaired) electrons. The van der Waals surface area contributed by atoms with Crippen molar-refractivity contribution < 1.29 is 23.1 Å². The van der Waals surface area contributed by atoms with Gasteiger partial charge in [-0.25, -0.2) is 8.42 Å². The lowest BCUT2D eigenvalue weighted by atomic mass is 10.1. The topological polar surface area (TPSA) is 83.9 Å². The zero-order valence-corrected chi connectivity index (χ0v) is 13.0. The minimum absolute atomic E-state index is 0.121. The zero-order chi connectivity index (χ0) is 15.7. The van der Waals surface area contributed by atoms with Crippen molar-refractivity contribution in [3.8, 4) is 0 Å². The summed E-state index contributed by atoms with van der Waals surface area (Å²) >= 11 is 0. The minimum atomic E-state index is -3.69. The van der Waals surface area contributed by atoms with Gasteiger partial charge < -0.3 is 9.84 Å². The van der Waals surface area contributed by atoms with Crippen LogP contribution in [-0.4, -0.2) is 49.6 Å². The fourth-order valence-electron chi connectivity index (χ4n) is 3.16. The highest BCUT2D eigenvalue weighted by molar-refractivity contribution is 7.89. The molecule has 1 saturated heterocycles. The van der Waals surface area contributed by atoms with Crippen LogP contribution in [0.3, 0.4) is 0 Å². The molecule has 2 aliphatic rings. The average Bonchev–Trinajstić information content (AvgIpc) is 2.94. The Labute approximate surface area is 129 Å². The van der Waals surface area contributed by atoms with Crippen LogP contribution in [0, 0.1) is 0 Å². The van der Waals surface area contributed by atoms with Crippen molar-refractivity contribution in [1.82, 2.24) is 4.31 Å². The third-order valence-corrected chi connectivity index (χ3v) is 6.21. The molecule has 1 aromatic rings. The lowest BCUT2D eigenvalue weighted by Gasteiger charge is -2.33. The summed E-state index contributed by atoms with van der Waals surface area (Å²) in [5.74, 6) is -1.02. The van der Waals surface area contributed by atoms with Crippen molar-refractivity contribution in [3.05, 3.63) is 29.3 Å². The first-order valence-corrected chi connectivity index (χ1v) is 8.85. The van der Waals surface area contributed by atoms with Gasteiger partial charge in [0.2, 0.25) is 10.0 Å². The van der Waals surface area contributed by atoms with E-state index in [1.165, 1.54) is 9.87 Å². The summed E-state index contributed by atoms with van der Waals surface area (Å²) in [6.07, 6.45) is 2.71. The average molecular weight is 325 g/mol. The van der Waals surface area contributed by atoms with Crippen LogP contribution in [-0.2, 0) is 32.4 Å². The number of ether oxygens (including phenoxy) is 1. The van der Waals surface area contributed by atoms with Crippen LogP contribution in [0.1, 0.15) is 24.0 Å². The molecule has 22 heavy (non-hydrogen) atoms. The van der Waals surface area contributed by atoms with E-state index in [1.54, 1.807) is 12.1 Å². The SMILES string of the molecule is O=C(O)CC1COCCN1S(=O)(=O)c1ccc2c(c1)CCC2. The summed E-state index contributed by atoms with van der Waals surface area (Å²) in [7, 11) is -3.69. The maximum atomic E-state index is 12.9. The number of carboxylic acids is 1. The summed E-state index contributed by atoms with van der Waals surface area (Å²) in [4.78, 5) is 11.2. The molecule has 1 aromatic carbocycles. The van der Waals surface area contributed by atoms with Crippen LogP contribution in [0.5, 0.6) is 0 Å². The number of aliphatic carboxylic acids is 1. The molecule has 0 aromatic heterocycles. The predicted molar refractivity (Wildman–Crippen MR) is 79.2 cm³/mol. The zero-order valence-electron chi connectivity index (χ0n) is 12.2. The summed E-state index contributed by atoms with van der Waals surface area (Å²) in [6, 6.07) is 4.60. The molecular formula is C15H19NO5S. The third-order valence-electron chi connectivity index (χ3n) is 4.26. The minimum Gasteiger partial charge on any atom is -0.481 e. The Hall–Kier alpha value is -1.44. The summed E-state index contributed by atoms with van der Waals surface area (Å²) in [5, 5.41) is 8.97. The van der Waals surface area contributed by atoms with Crippen molar-refractivity contribution in [2.75, 3.05) is 19.8 Å². The molecular weight excluding hydrogens is 306 g/mol. The van der Waals surface area contributed by atoms with Gasteiger partial charge in [-0.2, -0.15) is 4.31 Å². The fourth-order valence-corrected chi connectivity index (χ4v) is 4.81. The van der Waals surface area contributed by atoms with E-state index in [2.05, 4.69) is 0 Å². The van der Waals surface area contributed by atoms with Gasteiger partial charge in [-0.15, -0.1) is 0 Å². The molecule has 1 aliphatic heterocycles. The number of hydrogen-bond donors (Lipinski definition) is 1. The molecule has 6 nitrogen and oxygen atoms in total. The van der Waals surface area contributed by atoms with E-state index in [9.17, 15) is 13.2 Å². The number of carbonyl (C=O) groups is 1. The van der Waals surface area contributed by atoms with E-state index in [0.717, 1.165) is 24.8 Å². The number of benzene rings is 1. The van der Waals surface area contributed by atoms with Crippen molar-refractivity contribution >= 4 is 16.0 Å². The number of nitrogens with zero attached hydrogens (tertiary/aromatic N) is 1. The highest BCUT2D eigenvalue weighted by Gasteiger charge is 2.35. The van der Waals surface area contributed by atoms with Crippen LogP contribution in [0.25, 0.3) is 0 Å². The van der Waals surface area contributed by atoms with Crippen LogP contribution in [0.2, 0.25) is 0 Å². The summed E-state index contributed by atoms with van der Waals surface area (Å²) < 4.78 is 32.2. The van der Waals surface area contributed by atoms with Gasteiger partial charge in [-0.05, 0) is 42.5 Å². The molecule has 0 saturated carbocycles. The highest BCUT2D eigenvalue weighted by Crippen LogP contribution is 2.28. The van der Waals surface area contributed by atoms with Gasteiger partial charge in [0.1, 0.15) is 0 Å².